The van der Waals surface area contributed by atoms with E-state index in [1.54, 1.807) is 0 Å². The van der Waals surface area contributed by atoms with Gasteiger partial charge in [0.2, 0.25) is 17.7 Å². The van der Waals surface area contributed by atoms with E-state index in [1.807, 2.05) is 5.32 Å². The lowest BCUT2D eigenvalue weighted by molar-refractivity contribution is -0.125. The van der Waals surface area contributed by atoms with E-state index in [-0.39, 0.29) is 6.54 Å². The molecule has 0 rings (SSSR count). The van der Waals surface area contributed by atoms with E-state index in [1.165, 1.54) is 0 Å². The third-order valence-corrected chi connectivity index (χ3v) is 2.18. The molecule has 0 aliphatic heterocycles. The predicted molar refractivity (Wildman–Crippen MR) is 73.2 cm³/mol. The Morgan fingerprint density at radius 1 is 0.950 bits per heavy atom. The Kier molecular flexibility index (Phi) is 10.7. The van der Waals surface area contributed by atoms with Gasteiger partial charge in [-0.25, -0.2) is 0 Å². The van der Waals surface area contributed by atoms with Gasteiger partial charge < -0.3 is 5.32 Å². The third kappa shape index (κ3) is 15.7. The first-order chi connectivity index (χ1) is 9.16. The first-order valence-corrected chi connectivity index (χ1v) is 6.72. The minimum absolute atomic E-state index is 0.107. The largest absolute Gasteiger partial charge is 0.351 e. The van der Waals surface area contributed by atoms with Gasteiger partial charge in [0.25, 0.3) is 10.1 Å². The molecule has 8 nitrogen and oxygen atoms in total. The molecule has 0 saturated heterocycles. The number of imide groups is 1. The van der Waals surface area contributed by atoms with E-state index in [0.717, 1.165) is 18.2 Å². The number of carbonyl (C=O) groups excluding carboxylic acids is 3. The Labute approximate surface area is 117 Å². The summed E-state index contributed by atoms with van der Waals surface area (Å²) in [7, 11) is -3.98. The molecule has 0 atom stereocenters. The van der Waals surface area contributed by atoms with E-state index < -0.39 is 33.6 Å². The summed E-state index contributed by atoms with van der Waals surface area (Å²) in [6.45, 7) is 9.34. The summed E-state index contributed by atoms with van der Waals surface area (Å²) >= 11 is 0. The highest BCUT2D eigenvalue weighted by Crippen LogP contribution is 1.78. The van der Waals surface area contributed by atoms with Crippen LogP contribution in [0.4, 0.5) is 0 Å². The fourth-order valence-corrected chi connectivity index (χ4v) is 0.959. The van der Waals surface area contributed by atoms with Crippen LogP contribution in [0.3, 0.4) is 0 Å². The monoisotopic (exact) mass is 304 g/mol. The lowest BCUT2D eigenvalue weighted by atomic mass is 10.5. The average Bonchev–Trinajstić information content (AvgIpc) is 2.37. The van der Waals surface area contributed by atoms with Crippen LogP contribution in [0, 0.1) is 0 Å². The van der Waals surface area contributed by atoms with E-state index in [4.69, 9.17) is 4.55 Å². The molecular weight excluding hydrogens is 288 g/mol. The predicted octanol–water partition coefficient (Wildman–Crippen LogP) is -0.822. The minimum Gasteiger partial charge on any atom is -0.351 e. The molecule has 0 aromatic carbocycles. The summed E-state index contributed by atoms with van der Waals surface area (Å²) in [5.74, 6) is -1.97. The average molecular weight is 304 g/mol. The van der Waals surface area contributed by atoms with Gasteiger partial charge in [-0.05, 0) is 18.2 Å². The third-order valence-electron chi connectivity index (χ3n) is 1.46. The number of hydrogen-bond acceptors (Lipinski definition) is 5. The lowest BCUT2D eigenvalue weighted by Gasteiger charge is -1.97. The van der Waals surface area contributed by atoms with Crippen molar-refractivity contribution < 1.29 is 27.4 Å². The molecule has 112 valence electrons. The molecule has 0 bridgehead atoms. The quantitative estimate of drug-likeness (QED) is 0.434. The SMILES string of the molecule is C=CC(=O)NC(=O)C=C.C=CC(=O)NCCS(=O)(=O)O. The van der Waals surface area contributed by atoms with Crippen LogP contribution in [-0.2, 0) is 24.5 Å². The smallest absolute Gasteiger partial charge is 0.266 e. The van der Waals surface area contributed by atoms with Crippen LogP contribution in [-0.4, -0.2) is 43.0 Å². The molecule has 0 heterocycles. The van der Waals surface area contributed by atoms with Crippen LogP contribution in [0.25, 0.3) is 0 Å². The topological polar surface area (TPSA) is 130 Å². The van der Waals surface area contributed by atoms with Gasteiger partial charge in [0.15, 0.2) is 0 Å². The van der Waals surface area contributed by atoms with Gasteiger partial charge >= 0.3 is 0 Å². The number of carbonyl (C=O) groups is 3. The van der Waals surface area contributed by atoms with E-state index in [2.05, 4.69) is 25.1 Å². The highest BCUT2D eigenvalue weighted by atomic mass is 32.2. The zero-order valence-electron chi connectivity index (χ0n) is 10.7. The Bertz CT molecular complexity index is 477. The second-order valence-corrected chi connectivity index (χ2v) is 4.62. The maximum Gasteiger partial charge on any atom is 0.266 e. The highest BCUT2D eigenvalue weighted by Gasteiger charge is 2.03. The van der Waals surface area contributed by atoms with Gasteiger partial charge in [0, 0.05) is 6.54 Å². The maximum atomic E-state index is 10.4. The van der Waals surface area contributed by atoms with Crippen molar-refractivity contribution in [2.45, 2.75) is 0 Å². The highest BCUT2D eigenvalue weighted by molar-refractivity contribution is 7.85. The zero-order valence-corrected chi connectivity index (χ0v) is 11.5. The molecule has 0 aromatic rings. The van der Waals surface area contributed by atoms with Crippen molar-refractivity contribution in [1.29, 1.82) is 0 Å². The summed E-state index contributed by atoms with van der Waals surface area (Å²) in [5, 5.41) is 4.16. The second-order valence-electron chi connectivity index (χ2n) is 3.04. The van der Waals surface area contributed by atoms with Crippen molar-refractivity contribution in [3.05, 3.63) is 38.0 Å². The second kappa shape index (κ2) is 10.6. The fourth-order valence-electron chi connectivity index (χ4n) is 0.599. The number of rotatable bonds is 6. The molecule has 0 saturated carbocycles. The van der Waals surface area contributed by atoms with Crippen LogP contribution in [0.2, 0.25) is 0 Å². The fraction of sp³-hybridized carbons (Fsp3) is 0.182. The first kappa shape index (κ1) is 20.1. The molecule has 0 radical (unpaired) electrons. The standard InChI is InChI=1S/C6H7NO2.C5H9NO4S/c1-3-5(8)7-6(9)4-2;1-2-5(7)6-3-4-11(8,9)10/h3-4H,1-2H2,(H,7,8,9);2H,1,3-4H2,(H,6,7)(H,8,9,10). The molecule has 3 N–H and O–H groups in total. The molecule has 0 unspecified atom stereocenters. The van der Waals surface area contributed by atoms with Gasteiger partial charge in [0.05, 0.1) is 5.75 Å². The Morgan fingerprint density at radius 2 is 1.35 bits per heavy atom. The summed E-state index contributed by atoms with van der Waals surface area (Å²) < 4.78 is 28.4. The summed E-state index contributed by atoms with van der Waals surface area (Å²) in [6.07, 6.45) is 3.05. The van der Waals surface area contributed by atoms with E-state index in [0.29, 0.717) is 0 Å². The van der Waals surface area contributed by atoms with Gasteiger partial charge in [-0.2, -0.15) is 8.42 Å². The van der Waals surface area contributed by atoms with Crippen LogP contribution >= 0.6 is 0 Å². The van der Waals surface area contributed by atoms with Crippen molar-refractivity contribution in [3.8, 4) is 0 Å². The zero-order chi connectivity index (χ0) is 16.2. The normalized spacial score (nSPS) is 9.25. The molecule has 0 aromatic heterocycles. The number of amides is 3. The summed E-state index contributed by atoms with van der Waals surface area (Å²) in [5.41, 5.74) is 0. The van der Waals surface area contributed by atoms with Crippen LogP contribution in [0.15, 0.2) is 38.0 Å². The van der Waals surface area contributed by atoms with Crippen LogP contribution < -0.4 is 10.6 Å². The van der Waals surface area contributed by atoms with Gasteiger partial charge in [-0.3, -0.25) is 24.3 Å². The lowest BCUT2D eigenvalue weighted by Crippen LogP contribution is -2.27. The van der Waals surface area contributed by atoms with Crippen LogP contribution in [0.5, 0.6) is 0 Å². The minimum atomic E-state index is -3.98. The molecule has 0 fully saturated rings. The molecule has 3 amide bonds. The van der Waals surface area contributed by atoms with Crippen LogP contribution in [0.1, 0.15) is 0 Å². The van der Waals surface area contributed by atoms with Crippen molar-refractivity contribution >= 4 is 27.8 Å². The number of nitrogens with one attached hydrogen (secondary N) is 2. The van der Waals surface area contributed by atoms with Gasteiger partial charge in [0.1, 0.15) is 0 Å². The van der Waals surface area contributed by atoms with Crippen molar-refractivity contribution in [1.82, 2.24) is 10.6 Å². The number of hydrogen-bond donors (Lipinski definition) is 3. The van der Waals surface area contributed by atoms with Crippen molar-refractivity contribution in [3.63, 3.8) is 0 Å². The molecular formula is C11H16N2O6S. The molecule has 0 aliphatic rings. The van der Waals surface area contributed by atoms with Gasteiger partial charge in [-0.15, -0.1) is 0 Å². The van der Waals surface area contributed by atoms with E-state index in [9.17, 15) is 22.8 Å². The molecule has 9 heteroatoms. The maximum absolute atomic E-state index is 10.4. The first-order valence-electron chi connectivity index (χ1n) is 5.11. The molecule has 20 heavy (non-hydrogen) atoms. The Morgan fingerprint density at radius 3 is 1.65 bits per heavy atom. The Hall–Kier alpha value is -2.26. The summed E-state index contributed by atoms with van der Waals surface area (Å²) in [6, 6.07) is 0. The summed E-state index contributed by atoms with van der Waals surface area (Å²) in [4.78, 5) is 31.0. The molecule has 0 spiro atoms. The van der Waals surface area contributed by atoms with Gasteiger partial charge in [-0.1, -0.05) is 19.7 Å². The Balaban J connectivity index is 0. The van der Waals surface area contributed by atoms with Crippen molar-refractivity contribution in [2.24, 2.45) is 0 Å². The molecule has 0 aliphatic carbocycles. The van der Waals surface area contributed by atoms with Crippen molar-refractivity contribution in [2.75, 3.05) is 12.3 Å². The van der Waals surface area contributed by atoms with E-state index >= 15 is 0 Å².